The van der Waals surface area contributed by atoms with Crippen molar-refractivity contribution in [2.75, 3.05) is 46.2 Å². The van der Waals surface area contributed by atoms with Crippen LogP contribution in [-0.4, -0.2) is 101 Å². The number of hydrogen-bond acceptors (Lipinski definition) is 11. The molecule has 0 radical (unpaired) electrons. The Bertz CT molecular complexity index is 782. The molecule has 12 heteroatoms. The maximum absolute atomic E-state index is 10.9. The lowest BCUT2D eigenvalue weighted by atomic mass is 10.0. The SMILES string of the molecule is O=C(O)CCOCCOCCOCCOc1cccc2c1C(O)N(C1CCC(O)NC1O)C2O. The van der Waals surface area contributed by atoms with E-state index >= 15 is 0 Å². The summed E-state index contributed by atoms with van der Waals surface area (Å²) >= 11 is 0. The summed E-state index contributed by atoms with van der Waals surface area (Å²) in [5, 5.41) is 52.8. The molecule has 0 spiro atoms. The minimum Gasteiger partial charge on any atom is -0.491 e. The first-order chi connectivity index (χ1) is 16.4. The molecule has 1 aromatic carbocycles. The van der Waals surface area contributed by atoms with Crippen LogP contribution in [0.1, 0.15) is 42.8 Å². The van der Waals surface area contributed by atoms with E-state index in [1.54, 1.807) is 18.2 Å². The number of benzene rings is 1. The minimum atomic E-state index is -1.18. The molecule has 3 rings (SSSR count). The molecule has 5 unspecified atom stereocenters. The fourth-order valence-electron chi connectivity index (χ4n) is 4.10. The van der Waals surface area contributed by atoms with Gasteiger partial charge in [-0.15, -0.1) is 0 Å². The third-order valence-corrected chi connectivity index (χ3v) is 5.74. The van der Waals surface area contributed by atoms with Crippen LogP contribution in [0.4, 0.5) is 0 Å². The maximum atomic E-state index is 10.9. The fourth-order valence-corrected chi connectivity index (χ4v) is 4.10. The molecule has 34 heavy (non-hydrogen) atoms. The number of nitrogens with one attached hydrogen (secondary N) is 1. The number of ether oxygens (including phenoxy) is 4. The van der Waals surface area contributed by atoms with Crippen molar-refractivity contribution < 1.29 is 49.3 Å². The smallest absolute Gasteiger partial charge is 0.305 e. The highest BCUT2D eigenvalue weighted by molar-refractivity contribution is 5.66. The van der Waals surface area contributed by atoms with E-state index in [1.165, 1.54) is 4.90 Å². The summed E-state index contributed by atoms with van der Waals surface area (Å²) in [6.07, 6.45) is -3.47. The zero-order valence-corrected chi connectivity index (χ0v) is 18.9. The van der Waals surface area contributed by atoms with Gasteiger partial charge in [0.25, 0.3) is 0 Å². The van der Waals surface area contributed by atoms with Crippen LogP contribution < -0.4 is 10.1 Å². The Hall–Kier alpha value is -1.87. The highest BCUT2D eigenvalue weighted by Crippen LogP contribution is 2.46. The van der Waals surface area contributed by atoms with E-state index in [0.29, 0.717) is 56.1 Å². The van der Waals surface area contributed by atoms with E-state index in [0.717, 1.165) is 0 Å². The maximum Gasteiger partial charge on any atom is 0.305 e. The third kappa shape index (κ3) is 7.07. The van der Waals surface area contributed by atoms with Crippen molar-refractivity contribution in [3.8, 4) is 5.75 Å². The summed E-state index contributed by atoms with van der Waals surface area (Å²) in [5.41, 5.74) is 0.947. The van der Waals surface area contributed by atoms with E-state index in [1.807, 2.05) is 0 Å². The van der Waals surface area contributed by atoms with Gasteiger partial charge in [-0.3, -0.25) is 10.1 Å². The zero-order valence-electron chi connectivity index (χ0n) is 18.9. The molecule has 1 aromatic rings. The van der Waals surface area contributed by atoms with Crippen molar-refractivity contribution in [1.82, 2.24) is 10.2 Å². The van der Waals surface area contributed by atoms with E-state index in [4.69, 9.17) is 24.1 Å². The highest BCUT2D eigenvalue weighted by Gasteiger charge is 2.46. The third-order valence-electron chi connectivity index (χ3n) is 5.74. The number of carbonyl (C=O) groups is 1. The van der Waals surface area contributed by atoms with Gasteiger partial charge in [-0.1, -0.05) is 12.1 Å². The summed E-state index contributed by atoms with van der Waals surface area (Å²) in [4.78, 5) is 11.8. The number of carboxylic acid groups (broad SMARTS) is 1. The van der Waals surface area contributed by atoms with E-state index < -0.39 is 36.9 Å². The molecule has 2 aliphatic heterocycles. The average molecular weight is 487 g/mol. The Morgan fingerprint density at radius 3 is 2.21 bits per heavy atom. The summed E-state index contributed by atoms with van der Waals surface area (Å²) in [6.45, 7) is 2.02. The summed E-state index contributed by atoms with van der Waals surface area (Å²) < 4.78 is 21.7. The number of hydrogen-bond donors (Lipinski definition) is 6. The molecule has 0 bridgehead atoms. The number of piperidine rings is 1. The Balaban J connectivity index is 1.38. The first-order valence-electron chi connectivity index (χ1n) is 11.4. The summed E-state index contributed by atoms with van der Waals surface area (Å²) in [5.74, 6) is -0.482. The molecular weight excluding hydrogens is 452 g/mol. The Morgan fingerprint density at radius 2 is 1.56 bits per heavy atom. The number of rotatable bonds is 14. The van der Waals surface area contributed by atoms with Gasteiger partial charge >= 0.3 is 5.97 Å². The molecule has 0 saturated carbocycles. The van der Waals surface area contributed by atoms with Crippen molar-refractivity contribution in [1.29, 1.82) is 0 Å². The molecule has 1 saturated heterocycles. The second kappa shape index (κ2) is 13.3. The number of nitrogens with zero attached hydrogens (tertiary/aromatic N) is 1. The number of carboxylic acids is 1. The second-order valence-corrected chi connectivity index (χ2v) is 8.05. The van der Waals surface area contributed by atoms with Crippen molar-refractivity contribution in [2.24, 2.45) is 0 Å². The fraction of sp³-hybridized carbons (Fsp3) is 0.682. The van der Waals surface area contributed by atoms with E-state index in [-0.39, 0.29) is 26.2 Å². The van der Waals surface area contributed by atoms with Crippen molar-refractivity contribution in [2.45, 2.75) is 50.2 Å². The largest absolute Gasteiger partial charge is 0.491 e. The second-order valence-electron chi connectivity index (χ2n) is 8.05. The molecule has 192 valence electrons. The minimum absolute atomic E-state index is 0.0361. The lowest BCUT2D eigenvalue weighted by Gasteiger charge is -2.40. The molecule has 0 amide bonds. The van der Waals surface area contributed by atoms with Gasteiger partial charge in [0.15, 0.2) is 0 Å². The van der Waals surface area contributed by atoms with Crippen LogP contribution in [0.15, 0.2) is 18.2 Å². The lowest BCUT2D eigenvalue weighted by Crippen LogP contribution is -2.57. The van der Waals surface area contributed by atoms with Crippen LogP contribution in [0.2, 0.25) is 0 Å². The van der Waals surface area contributed by atoms with Crippen LogP contribution >= 0.6 is 0 Å². The van der Waals surface area contributed by atoms with Crippen molar-refractivity contribution >= 4 is 5.97 Å². The standard InChI is InChI=1S/C22H34N2O10/c25-17-5-4-15(20(28)23-17)24-21(29)14-2-1-3-16(19(14)22(24)30)34-13-12-33-11-10-32-9-8-31-7-6-18(26)27/h1-3,15,17,20-23,25,28-30H,4-13H2,(H,26,27). The predicted octanol–water partition coefficient (Wildman–Crippen LogP) is -0.724. The van der Waals surface area contributed by atoms with Crippen LogP contribution in [0.25, 0.3) is 0 Å². The molecule has 12 nitrogen and oxygen atoms in total. The molecular formula is C22H34N2O10. The Kier molecular flexibility index (Phi) is 10.4. The van der Waals surface area contributed by atoms with Crippen LogP contribution in [0.5, 0.6) is 5.75 Å². The van der Waals surface area contributed by atoms with Gasteiger partial charge in [0.2, 0.25) is 0 Å². The Morgan fingerprint density at radius 1 is 0.912 bits per heavy atom. The predicted molar refractivity (Wildman–Crippen MR) is 117 cm³/mol. The average Bonchev–Trinajstić information content (AvgIpc) is 3.05. The zero-order chi connectivity index (χ0) is 24.5. The molecule has 2 aliphatic rings. The molecule has 2 heterocycles. The van der Waals surface area contributed by atoms with Crippen LogP contribution in [0.3, 0.4) is 0 Å². The molecule has 0 aromatic heterocycles. The van der Waals surface area contributed by atoms with E-state index in [9.17, 15) is 25.2 Å². The van der Waals surface area contributed by atoms with Crippen LogP contribution in [-0.2, 0) is 19.0 Å². The highest BCUT2D eigenvalue weighted by atomic mass is 16.6. The normalized spacial score (nSPS) is 27.0. The van der Waals surface area contributed by atoms with Gasteiger partial charge in [-0.2, -0.15) is 0 Å². The van der Waals surface area contributed by atoms with E-state index in [2.05, 4.69) is 5.32 Å². The first kappa shape index (κ1) is 26.7. The molecule has 5 atom stereocenters. The van der Waals surface area contributed by atoms with Crippen LogP contribution in [0, 0.1) is 0 Å². The molecule has 0 aliphatic carbocycles. The van der Waals surface area contributed by atoms with Gasteiger partial charge in [0.05, 0.1) is 52.1 Å². The summed E-state index contributed by atoms with van der Waals surface area (Å²) in [6, 6.07) is 4.54. The van der Waals surface area contributed by atoms with Crippen molar-refractivity contribution in [3.63, 3.8) is 0 Å². The van der Waals surface area contributed by atoms with Crippen molar-refractivity contribution in [3.05, 3.63) is 29.3 Å². The number of aliphatic carboxylic acids is 1. The van der Waals surface area contributed by atoms with Gasteiger partial charge in [-0.25, -0.2) is 4.90 Å². The number of aliphatic hydroxyl groups is 4. The van der Waals surface area contributed by atoms with Gasteiger partial charge in [0.1, 0.15) is 37.3 Å². The topological polar surface area (TPSA) is 170 Å². The molecule has 6 N–H and O–H groups in total. The summed E-state index contributed by atoms with van der Waals surface area (Å²) in [7, 11) is 0. The lowest BCUT2D eigenvalue weighted by molar-refractivity contribution is -0.159. The van der Waals surface area contributed by atoms with Gasteiger partial charge in [0, 0.05) is 11.1 Å². The number of aliphatic hydroxyl groups excluding tert-OH is 4. The first-order valence-corrected chi connectivity index (χ1v) is 11.4. The van der Waals surface area contributed by atoms with Gasteiger partial charge < -0.3 is 44.5 Å². The monoisotopic (exact) mass is 486 g/mol. The molecule has 1 fully saturated rings. The number of fused-ring (bicyclic) bond motifs is 1. The quantitative estimate of drug-likeness (QED) is 0.183. The van der Waals surface area contributed by atoms with Gasteiger partial charge in [-0.05, 0) is 18.9 Å². The Labute approximate surface area is 197 Å².